The fourth-order valence-electron chi connectivity index (χ4n) is 4.10. The third kappa shape index (κ3) is 4.00. The second kappa shape index (κ2) is 7.88. The molecule has 2 aromatic carbocycles. The molecule has 0 aliphatic heterocycles. The Morgan fingerprint density at radius 1 is 1.00 bits per heavy atom. The van der Waals surface area contributed by atoms with Crippen molar-refractivity contribution in [2.75, 3.05) is 0 Å². The van der Waals surface area contributed by atoms with Gasteiger partial charge in [-0.2, -0.15) is 5.10 Å². The number of hydrogen-bond donors (Lipinski definition) is 1. The zero-order chi connectivity index (χ0) is 22.4. The molecule has 164 valence electrons. The van der Waals surface area contributed by atoms with Crippen molar-refractivity contribution in [3.05, 3.63) is 84.2 Å². The van der Waals surface area contributed by atoms with Crippen molar-refractivity contribution in [3.63, 3.8) is 0 Å². The van der Waals surface area contributed by atoms with E-state index in [1.54, 1.807) is 6.20 Å². The first-order valence-electron chi connectivity index (χ1n) is 10.9. The molecule has 1 fully saturated rings. The molecule has 1 aliphatic carbocycles. The standard InChI is InChI=1S/C25H20F2N6/c26-18-9-15(10-19(27)12-18)1-6-23-30-24(16-2-5-21-17(11-16)13-28-14-29-21)25(31-23)22-7-8-33(32-22)20-3-4-20/h2,5,7-14,20H,1,3-4,6H2,(H,30,31). The molecule has 3 aromatic heterocycles. The van der Waals surface area contributed by atoms with E-state index in [-0.39, 0.29) is 0 Å². The van der Waals surface area contributed by atoms with Gasteiger partial charge >= 0.3 is 0 Å². The minimum atomic E-state index is -0.574. The zero-order valence-corrected chi connectivity index (χ0v) is 17.7. The molecule has 1 aliphatic rings. The number of halogens is 2. The maximum Gasteiger partial charge on any atom is 0.126 e. The molecule has 5 aromatic rings. The van der Waals surface area contributed by atoms with Gasteiger partial charge in [0, 0.05) is 35.8 Å². The highest BCUT2D eigenvalue weighted by Crippen LogP contribution is 2.36. The highest BCUT2D eigenvalue weighted by atomic mass is 19.1. The molecule has 0 bridgehead atoms. The van der Waals surface area contributed by atoms with E-state index in [1.807, 2.05) is 35.1 Å². The largest absolute Gasteiger partial charge is 0.340 e. The fourth-order valence-corrected chi connectivity index (χ4v) is 4.10. The summed E-state index contributed by atoms with van der Waals surface area (Å²) in [6.45, 7) is 0. The third-order valence-corrected chi connectivity index (χ3v) is 5.89. The molecule has 1 saturated carbocycles. The van der Waals surface area contributed by atoms with Crippen molar-refractivity contribution in [2.24, 2.45) is 0 Å². The van der Waals surface area contributed by atoms with Crippen LogP contribution in [-0.4, -0.2) is 29.7 Å². The molecule has 33 heavy (non-hydrogen) atoms. The first kappa shape index (κ1) is 19.7. The van der Waals surface area contributed by atoms with Crippen LogP contribution in [-0.2, 0) is 12.8 Å². The Bertz CT molecular complexity index is 1450. The molecule has 1 N–H and O–H groups in total. The summed E-state index contributed by atoms with van der Waals surface area (Å²) in [7, 11) is 0. The fraction of sp³-hybridized carbons (Fsp3) is 0.200. The normalized spacial score (nSPS) is 13.6. The van der Waals surface area contributed by atoms with Gasteiger partial charge in [0.15, 0.2) is 0 Å². The lowest BCUT2D eigenvalue weighted by atomic mass is 10.1. The molecule has 0 saturated heterocycles. The number of fused-ring (bicyclic) bond motifs is 1. The van der Waals surface area contributed by atoms with E-state index in [4.69, 9.17) is 10.1 Å². The Labute approximate surface area is 188 Å². The number of aromatic amines is 1. The molecular formula is C25H20F2N6. The van der Waals surface area contributed by atoms with Gasteiger partial charge in [0.05, 0.1) is 22.9 Å². The predicted octanol–water partition coefficient (Wildman–Crippen LogP) is 5.28. The Balaban J connectivity index is 1.38. The van der Waals surface area contributed by atoms with Crippen LogP contribution in [0.25, 0.3) is 33.5 Å². The number of aromatic nitrogens is 6. The summed E-state index contributed by atoms with van der Waals surface area (Å²) in [5.74, 6) is -0.417. The number of benzene rings is 2. The summed E-state index contributed by atoms with van der Waals surface area (Å²) in [5.41, 5.74) is 4.79. The van der Waals surface area contributed by atoms with E-state index in [1.165, 1.54) is 18.5 Å². The zero-order valence-electron chi connectivity index (χ0n) is 17.7. The number of hydrogen-bond acceptors (Lipinski definition) is 4. The minimum Gasteiger partial charge on any atom is -0.340 e. The minimum absolute atomic E-state index is 0.461. The number of rotatable bonds is 6. The number of H-pyrrole nitrogens is 1. The predicted molar refractivity (Wildman–Crippen MR) is 120 cm³/mol. The SMILES string of the molecule is Fc1cc(F)cc(CCc2nc(-c3ccc4ncncc4c3)c(-c3ccn(C4CC4)n3)[nH]2)c1. The van der Waals surface area contributed by atoms with Crippen molar-refractivity contribution in [1.82, 2.24) is 29.7 Å². The Morgan fingerprint density at radius 2 is 1.85 bits per heavy atom. The summed E-state index contributed by atoms with van der Waals surface area (Å²) in [6, 6.07) is 12.0. The van der Waals surface area contributed by atoms with Crippen molar-refractivity contribution < 1.29 is 8.78 Å². The second-order valence-corrected chi connectivity index (χ2v) is 8.39. The van der Waals surface area contributed by atoms with Gasteiger partial charge in [-0.25, -0.2) is 23.7 Å². The van der Waals surface area contributed by atoms with Gasteiger partial charge < -0.3 is 4.98 Å². The average molecular weight is 442 g/mol. The molecular weight excluding hydrogens is 422 g/mol. The van der Waals surface area contributed by atoms with Crippen molar-refractivity contribution in [2.45, 2.75) is 31.7 Å². The lowest BCUT2D eigenvalue weighted by Gasteiger charge is -2.03. The molecule has 3 heterocycles. The van der Waals surface area contributed by atoms with Gasteiger partial charge in [-0.05, 0) is 55.2 Å². The molecule has 0 atom stereocenters. The summed E-state index contributed by atoms with van der Waals surface area (Å²) < 4.78 is 29.2. The van der Waals surface area contributed by atoms with Crippen LogP contribution in [0.3, 0.4) is 0 Å². The van der Waals surface area contributed by atoms with E-state index >= 15 is 0 Å². The number of imidazole rings is 1. The van der Waals surface area contributed by atoms with Crippen LogP contribution < -0.4 is 0 Å². The van der Waals surface area contributed by atoms with Gasteiger partial charge in [0.1, 0.15) is 29.5 Å². The average Bonchev–Trinajstić information content (AvgIpc) is 3.38. The molecule has 0 radical (unpaired) electrons. The highest BCUT2D eigenvalue weighted by Gasteiger charge is 2.25. The van der Waals surface area contributed by atoms with Crippen LogP contribution in [0.1, 0.15) is 30.3 Å². The van der Waals surface area contributed by atoms with Crippen LogP contribution in [0.4, 0.5) is 8.78 Å². The molecule has 8 heteroatoms. The van der Waals surface area contributed by atoms with Crippen LogP contribution in [0, 0.1) is 11.6 Å². The van der Waals surface area contributed by atoms with E-state index in [2.05, 4.69) is 15.0 Å². The maximum atomic E-state index is 13.6. The highest BCUT2D eigenvalue weighted by molar-refractivity contribution is 5.86. The smallest absolute Gasteiger partial charge is 0.126 e. The van der Waals surface area contributed by atoms with E-state index < -0.39 is 11.6 Å². The lowest BCUT2D eigenvalue weighted by Crippen LogP contribution is -1.96. The van der Waals surface area contributed by atoms with Gasteiger partial charge in [0.2, 0.25) is 0 Å². The Morgan fingerprint density at radius 3 is 2.67 bits per heavy atom. The summed E-state index contributed by atoms with van der Waals surface area (Å²) in [4.78, 5) is 16.7. The quantitative estimate of drug-likeness (QED) is 0.388. The Hall–Kier alpha value is -3.94. The van der Waals surface area contributed by atoms with Gasteiger partial charge in [-0.1, -0.05) is 6.07 Å². The van der Waals surface area contributed by atoms with Crippen LogP contribution in [0.15, 0.2) is 61.2 Å². The monoisotopic (exact) mass is 442 g/mol. The van der Waals surface area contributed by atoms with Crippen LogP contribution >= 0.6 is 0 Å². The van der Waals surface area contributed by atoms with Crippen molar-refractivity contribution in [3.8, 4) is 22.6 Å². The van der Waals surface area contributed by atoms with Crippen molar-refractivity contribution >= 4 is 10.9 Å². The van der Waals surface area contributed by atoms with Crippen LogP contribution in [0.2, 0.25) is 0 Å². The molecule has 0 unspecified atom stereocenters. The molecule has 6 rings (SSSR count). The topological polar surface area (TPSA) is 72.3 Å². The Kier molecular flexibility index (Phi) is 4.71. The second-order valence-electron chi connectivity index (χ2n) is 8.39. The summed E-state index contributed by atoms with van der Waals surface area (Å²) >= 11 is 0. The van der Waals surface area contributed by atoms with E-state index in [0.717, 1.165) is 58.3 Å². The van der Waals surface area contributed by atoms with Crippen LogP contribution in [0.5, 0.6) is 0 Å². The number of nitrogens with one attached hydrogen (secondary N) is 1. The molecule has 6 nitrogen and oxygen atoms in total. The maximum absolute atomic E-state index is 13.6. The molecule has 0 spiro atoms. The lowest BCUT2D eigenvalue weighted by molar-refractivity contribution is 0.579. The first-order chi connectivity index (χ1) is 16.1. The summed E-state index contributed by atoms with van der Waals surface area (Å²) in [5, 5.41) is 5.69. The van der Waals surface area contributed by atoms with Gasteiger partial charge in [0.25, 0.3) is 0 Å². The van der Waals surface area contributed by atoms with E-state index in [9.17, 15) is 8.78 Å². The number of aryl methyl sites for hydroxylation is 2. The van der Waals surface area contributed by atoms with Crippen molar-refractivity contribution in [1.29, 1.82) is 0 Å². The third-order valence-electron chi connectivity index (χ3n) is 5.89. The first-order valence-corrected chi connectivity index (χ1v) is 10.9. The number of nitrogens with zero attached hydrogens (tertiary/aromatic N) is 5. The molecule has 0 amide bonds. The van der Waals surface area contributed by atoms with Gasteiger partial charge in [-0.15, -0.1) is 0 Å². The van der Waals surface area contributed by atoms with Gasteiger partial charge in [-0.3, -0.25) is 4.68 Å². The summed E-state index contributed by atoms with van der Waals surface area (Å²) in [6.07, 6.45) is 8.58. The van der Waals surface area contributed by atoms with E-state index in [0.29, 0.717) is 24.4 Å².